The molecule has 0 bridgehead atoms. The van der Waals surface area contributed by atoms with Crippen molar-refractivity contribution in [2.45, 2.75) is 24.4 Å². The molecule has 0 aromatic heterocycles. The average molecular weight is 401 g/mol. The van der Waals surface area contributed by atoms with Crippen LogP contribution in [0.5, 0.6) is 0 Å². The van der Waals surface area contributed by atoms with Crippen LogP contribution in [-0.2, 0) is 5.41 Å². The minimum atomic E-state index is -0.319. The SMILES string of the molecule is C=NC(C)C1=CC=C2C(C=C1)Nc1ccccc1C21c2ccccc2-c2ccccc21. The van der Waals surface area contributed by atoms with Crippen LogP contribution in [0.15, 0.2) is 113 Å². The normalized spacial score (nSPS) is 20.2. The van der Waals surface area contributed by atoms with Crippen LogP contribution >= 0.6 is 0 Å². The molecule has 6 rings (SSSR count). The number of benzene rings is 3. The van der Waals surface area contributed by atoms with Gasteiger partial charge in [0.25, 0.3) is 0 Å². The van der Waals surface area contributed by atoms with E-state index < -0.39 is 0 Å². The molecule has 0 saturated heterocycles. The quantitative estimate of drug-likeness (QED) is 0.501. The first-order chi connectivity index (χ1) is 15.2. The Bertz CT molecular complexity index is 1260. The molecule has 31 heavy (non-hydrogen) atoms. The van der Waals surface area contributed by atoms with Crippen LogP contribution in [0.25, 0.3) is 11.1 Å². The lowest BCUT2D eigenvalue weighted by molar-refractivity contribution is 0.679. The number of nitrogens with one attached hydrogen (secondary N) is 1. The van der Waals surface area contributed by atoms with Gasteiger partial charge in [0.1, 0.15) is 0 Å². The van der Waals surface area contributed by atoms with Gasteiger partial charge < -0.3 is 5.32 Å². The van der Waals surface area contributed by atoms with Crippen molar-refractivity contribution in [1.29, 1.82) is 0 Å². The van der Waals surface area contributed by atoms with Gasteiger partial charge in [-0.3, -0.25) is 4.99 Å². The van der Waals surface area contributed by atoms with Crippen molar-refractivity contribution in [1.82, 2.24) is 0 Å². The van der Waals surface area contributed by atoms with E-state index in [1.165, 1.54) is 44.7 Å². The second-order valence-electron chi connectivity index (χ2n) is 8.52. The largest absolute Gasteiger partial charge is 0.375 e. The molecule has 0 radical (unpaired) electrons. The Morgan fingerprint density at radius 1 is 0.839 bits per heavy atom. The number of fused-ring (bicyclic) bond motifs is 9. The van der Waals surface area contributed by atoms with Crippen LogP contribution in [-0.4, -0.2) is 18.8 Å². The lowest BCUT2D eigenvalue weighted by Crippen LogP contribution is -2.42. The van der Waals surface area contributed by atoms with Gasteiger partial charge in [-0.1, -0.05) is 91.0 Å². The Hall–Kier alpha value is -3.65. The molecule has 1 aliphatic heterocycles. The van der Waals surface area contributed by atoms with Crippen molar-refractivity contribution < 1.29 is 0 Å². The summed E-state index contributed by atoms with van der Waals surface area (Å²) >= 11 is 0. The van der Waals surface area contributed by atoms with E-state index in [0.29, 0.717) is 0 Å². The molecule has 3 aromatic rings. The van der Waals surface area contributed by atoms with Crippen molar-refractivity contribution in [3.63, 3.8) is 0 Å². The van der Waals surface area contributed by atoms with Gasteiger partial charge >= 0.3 is 0 Å². The summed E-state index contributed by atoms with van der Waals surface area (Å²) in [7, 11) is 0. The molecule has 2 aliphatic carbocycles. The Morgan fingerprint density at radius 2 is 1.45 bits per heavy atom. The van der Waals surface area contributed by atoms with E-state index in [9.17, 15) is 0 Å². The lowest BCUT2D eigenvalue weighted by atomic mass is 9.63. The summed E-state index contributed by atoms with van der Waals surface area (Å²) in [5.74, 6) is 0. The first-order valence-electron chi connectivity index (χ1n) is 10.9. The third kappa shape index (κ3) is 2.36. The molecule has 3 aromatic carbocycles. The third-order valence-corrected chi connectivity index (χ3v) is 7.06. The van der Waals surface area contributed by atoms with Crippen molar-refractivity contribution >= 4 is 12.4 Å². The maximum atomic E-state index is 4.25. The number of allylic oxidation sites excluding steroid dienone is 2. The van der Waals surface area contributed by atoms with Crippen LogP contribution in [0, 0.1) is 0 Å². The highest BCUT2D eigenvalue weighted by Gasteiger charge is 2.51. The first kappa shape index (κ1) is 18.1. The zero-order chi connectivity index (χ0) is 21.0. The lowest BCUT2D eigenvalue weighted by Gasteiger charge is -2.44. The third-order valence-electron chi connectivity index (χ3n) is 7.06. The highest BCUT2D eigenvalue weighted by Crippen LogP contribution is 2.60. The summed E-state index contributed by atoms with van der Waals surface area (Å²) in [6.07, 6.45) is 9.04. The van der Waals surface area contributed by atoms with E-state index >= 15 is 0 Å². The van der Waals surface area contributed by atoms with Crippen LogP contribution < -0.4 is 5.32 Å². The van der Waals surface area contributed by atoms with Crippen LogP contribution in [0.2, 0.25) is 0 Å². The Balaban J connectivity index is 1.74. The molecule has 1 heterocycles. The van der Waals surface area contributed by atoms with Gasteiger partial charge in [0.05, 0.1) is 17.5 Å². The number of hydrogen-bond acceptors (Lipinski definition) is 2. The van der Waals surface area contributed by atoms with E-state index in [1.54, 1.807) is 0 Å². The summed E-state index contributed by atoms with van der Waals surface area (Å²) in [4.78, 5) is 4.25. The van der Waals surface area contributed by atoms with Crippen molar-refractivity contribution in [2.24, 2.45) is 4.99 Å². The molecule has 3 aliphatic rings. The zero-order valence-corrected chi connectivity index (χ0v) is 17.5. The van der Waals surface area contributed by atoms with Gasteiger partial charge in [0.15, 0.2) is 0 Å². The molecule has 150 valence electrons. The van der Waals surface area contributed by atoms with Crippen molar-refractivity contribution in [3.8, 4) is 11.1 Å². The van der Waals surface area contributed by atoms with Crippen LogP contribution in [0.1, 0.15) is 23.6 Å². The predicted molar refractivity (Wildman–Crippen MR) is 130 cm³/mol. The highest BCUT2D eigenvalue weighted by molar-refractivity contribution is 5.89. The molecule has 2 nitrogen and oxygen atoms in total. The molecule has 2 unspecified atom stereocenters. The van der Waals surface area contributed by atoms with E-state index in [2.05, 4.69) is 121 Å². The van der Waals surface area contributed by atoms with E-state index in [0.717, 1.165) is 0 Å². The fraction of sp³-hybridized carbons (Fsp3) is 0.138. The fourth-order valence-corrected chi connectivity index (χ4v) is 5.62. The maximum absolute atomic E-state index is 4.25. The molecule has 0 amide bonds. The number of hydrogen-bond donors (Lipinski definition) is 1. The first-order valence-corrected chi connectivity index (χ1v) is 10.9. The summed E-state index contributed by atoms with van der Waals surface area (Å²) in [5, 5.41) is 3.79. The van der Waals surface area contributed by atoms with E-state index in [4.69, 9.17) is 0 Å². The number of anilines is 1. The molecular weight excluding hydrogens is 376 g/mol. The second kappa shape index (κ2) is 6.68. The molecule has 0 saturated carbocycles. The molecule has 2 atom stereocenters. The van der Waals surface area contributed by atoms with Crippen molar-refractivity contribution in [2.75, 3.05) is 5.32 Å². The fourth-order valence-electron chi connectivity index (χ4n) is 5.62. The Labute approximate surface area is 183 Å². The number of para-hydroxylation sites is 1. The van der Waals surface area contributed by atoms with Gasteiger partial charge in [-0.2, -0.15) is 0 Å². The zero-order valence-electron chi connectivity index (χ0n) is 17.5. The number of rotatable bonds is 2. The minimum absolute atomic E-state index is 0.0646. The summed E-state index contributed by atoms with van der Waals surface area (Å²) in [6.45, 7) is 5.85. The van der Waals surface area contributed by atoms with Gasteiger partial charge in [0.2, 0.25) is 0 Å². The maximum Gasteiger partial charge on any atom is 0.0719 e. The van der Waals surface area contributed by atoms with Gasteiger partial charge in [-0.25, -0.2) is 0 Å². The van der Waals surface area contributed by atoms with Gasteiger partial charge in [-0.05, 0) is 58.7 Å². The topological polar surface area (TPSA) is 24.4 Å². The monoisotopic (exact) mass is 400 g/mol. The second-order valence-corrected chi connectivity index (χ2v) is 8.52. The molecule has 2 heteroatoms. The van der Waals surface area contributed by atoms with E-state index in [-0.39, 0.29) is 17.5 Å². The van der Waals surface area contributed by atoms with Gasteiger partial charge in [-0.15, -0.1) is 0 Å². The smallest absolute Gasteiger partial charge is 0.0719 e. The molecule has 1 N–H and O–H groups in total. The minimum Gasteiger partial charge on any atom is -0.375 e. The average Bonchev–Trinajstić information content (AvgIpc) is 2.94. The summed E-state index contributed by atoms with van der Waals surface area (Å²) in [5.41, 5.74) is 10.1. The number of aliphatic imine (C=N–C) groups is 1. The molecular formula is C29H24N2. The van der Waals surface area contributed by atoms with Crippen LogP contribution in [0.3, 0.4) is 0 Å². The Kier molecular flexibility index (Phi) is 3.91. The molecule has 0 fully saturated rings. The predicted octanol–water partition coefficient (Wildman–Crippen LogP) is 6.31. The van der Waals surface area contributed by atoms with Crippen LogP contribution in [0.4, 0.5) is 5.69 Å². The summed E-state index contributed by atoms with van der Waals surface area (Å²) in [6, 6.07) is 26.7. The molecule has 1 spiro atoms. The van der Waals surface area contributed by atoms with E-state index in [1.807, 2.05) is 0 Å². The van der Waals surface area contributed by atoms with Gasteiger partial charge in [0, 0.05) is 5.69 Å². The highest BCUT2D eigenvalue weighted by atomic mass is 14.9. The standard InChI is InChI=1S/C29H24N2/c1-19(30-2)20-15-17-26-28(18-16-20)31-27-14-8-7-13-25(27)29(26)23-11-5-3-9-21(23)22-10-4-6-12-24(22)29/h3-19,28,31H,2H2,1H3. The van der Waals surface area contributed by atoms with Crippen molar-refractivity contribution in [3.05, 3.63) is 125 Å². The Morgan fingerprint density at radius 3 is 2.13 bits per heavy atom. The summed E-state index contributed by atoms with van der Waals surface area (Å²) < 4.78 is 0. The number of nitrogens with zero attached hydrogens (tertiary/aromatic N) is 1.